The Bertz CT molecular complexity index is 385. The molecule has 4 N–H and O–H groups in total. The molecule has 19 heavy (non-hydrogen) atoms. The molecule has 0 fully saturated rings. The van der Waals surface area contributed by atoms with Crippen LogP contribution in [-0.4, -0.2) is 49.0 Å². The highest BCUT2D eigenvalue weighted by Crippen LogP contribution is 2.12. The zero-order valence-corrected chi connectivity index (χ0v) is 10.8. The van der Waals surface area contributed by atoms with Gasteiger partial charge in [-0.25, -0.2) is 4.79 Å². The van der Waals surface area contributed by atoms with Crippen LogP contribution in [0, 0.1) is 0 Å². The van der Waals surface area contributed by atoms with E-state index < -0.39 is 5.97 Å². The quantitative estimate of drug-likeness (QED) is 0.440. The first-order chi connectivity index (χ1) is 9.22. The monoisotopic (exact) mass is 268 g/mol. The summed E-state index contributed by atoms with van der Waals surface area (Å²) in [5.74, 6) is -0.432. The second-order valence-electron chi connectivity index (χ2n) is 3.98. The maximum atomic E-state index is 10.4. The molecule has 0 radical (unpaired) electrons. The van der Waals surface area contributed by atoms with Gasteiger partial charge in [-0.05, 0) is 17.7 Å². The van der Waals surface area contributed by atoms with Crippen molar-refractivity contribution >= 4 is 5.97 Å². The van der Waals surface area contributed by atoms with Crippen LogP contribution in [0.1, 0.15) is 5.56 Å². The number of rotatable bonds is 10. The molecular weight excluding hydrogens is 248 g/mol. The summed E-state index contributed by atoms with van der Waals surface area (Å²) in [6.45, 7) is 2.67. The normalized spacial score (nSPS) is 10.4. The van der Waals surface area contributed by atoms with Crippen molar-refractivity contribution in [3.05, 3.63) is 29.8 Å². The number of aliphatic hydroxyl groups is 1. The Hall–Kier alpha value is -1.63. The van der Waals surface area contributed by atoms with Crippen molar-refractivity contribution in [2.24, 2.45) is 0 Å². The van der Waals surface area contributed by atoms with Crippen molar-refractivity contribution in [3.8, 4) is 5.75 Å². The van der Waals surface area contributed by atoms with Gasteiger partial charge in [0, 0.05) is 26.2 Å². The first kappa shape index (κ1) is 15.4. The number of carbonyl (C=O) groups is 1. The second-order valence-corrected chi connectivity index (χ2v) is 3.98. The lowest BCUT2D eigenvalue weighted by Gasteiger charge is -2.08. The molecule has 0 heterocycles. The fourth-order valence-corrected chi connectivity index (χ4v) is 1.50. The van der Waals surface area contributed by atoms with Gasteiger partial charge in [0.2, 0.25) is 0 Å². The van der Waals surface area contributed by atoms with E-state index in [-0.39, 0.29) is 13.2 Å². The summed E-state index contributed by atoms with van der Waals surface area (Å²) in [7, 11) is 0. The van der Waals surface area contributed by atoms with Gasteiger partial charge in [0.1, 0.15) is 5.75 Å². The van der Waals surface area contributed by atoms with E-state index in [2.05, 4.69) is 10.6 Å². The van der Waals surface area contributed by atoms with Gasteiger partial charge in [-0.3, -0.25) is 0 Å². The summed E-state index contributed by atoms with van der Waals surface area (Å²) < 4.78 is 5.10. The van der Waals surface area contributed by atoms with Crippen LogP contribution in [0.25, 0.3) is 0 Å². The number of hydrogen-bond acceptors (Lipinski definition) is 5. The van der Waals surface area contributed by atoms with Crippen LogP contribution in [-0.2, 0) is 11.3 Å². The molecular formula is C13H20N2O4. The number of aliphatic carboxylic acids is 1. The second kappa shape index (κ2) is 9.32. The third kappa shape index (κ3) is 7.40. The molecule has 1 aromatic rings. The third-order valence-corrected chi connectivity index (χ3v) is 2.36. The molecule has 106 valence electrons. The van der Waals surface area contributed by atoms with E-state index in [1.807, 2.05) is 18.2 Å². The molecule has 0 spiro atoms. The average molecular weight is 268 g/mol. The largest absolute Gasteiger partial charge is 0.482 e. The van der Waals surface area contributed by atoms with Crippen LogP contribution in [0.4, 0.5) is 0 Å². The molecule has 6 heteroatoms. The van der Waals surface area contributed by atoms with Gasteiger partial charge in [0.25, 0.3) is 0 Å². The highest BCUT2D eigenvalue weighted by molar-refractivity contribution is 5.68. The third-order valence-electron chi connectivity index (χ3n) is 2.36. The SMILES string of the molecule is O=C(O)COc1cccc(CNCCNCCO)c1. The zero-order valence-electron chi connectivity index (χ0n) is 10.8. The van der Waals surface area contributed by atoms with E-state index in [0.717, 1.165) is 18.7 Å². The van der Waals surface area contributed by atoms with Gasteiger partial charge in [-0.1, -0.05) is 12.1 Å². The number of ether oxygens (including phenoxy) is 1. The lowest BCUT2D eigenvalue weighted by Crippen LogP contribution is -2.28. The van der Waals surface area contributed by atoms with E-state index in [1.54, 1.807) is 6.07 Å². The molecule has 0 aliphatic carbocycles. The van der Waals surface area contributed by atoms with Gasteiger partial charge in [0.15, 0.2) is 6.61 Å². The number of benzene rings is 1. The molecule has 0 aliphatic rings. The first-order valence-corrected chi connectivity index (χ1v) is 6.18. The van der Waals surface area contributed by atoms with E-state index in [4.69, 9.17) is 14.9 Å². The summed E-state index contributed by atoms with van der Waals surface area (Å²) in [6.07, 6.45) is 0. The molecule has 0 aromatic heterocycles. The van der Waals surface area contributed by atoms with Crippen LogP contribution in [0.3, 0.4) is 0 Å². The van der Waals surface area contributed by atoms with Crippen molar-refractivity contribution in [1.29, 1.82) is 0 Å². The van der Waals surface area contributed by atoms with Gasteiger partial charge in [-0.2, -0.15) is 0 Å². The zero-order chi connectivity index (χ0) is 13.9. The van der Waals surface area contributed by atoms with E-state index in [0.29, 0.717) is 18.8 Å². The Morgan fingerprint density at radius 1 is 1.21 bits per heavy atom. The van der Waals surface area contributed by atoms with Crippen molar-refractivity contribution in [2.75, 3.05) is 32.8 Å². The minimum Gasteiger partial charge on any atom is -0.482 e. The lowest BCUT2D eigenvalue weighted by molar-refractivity contribution is -0.139. The maximum absolute atomic E-state index is 10.4. The molecule has 0 unspecified atom stereocenters. The highest BCUT2D eigenvalue weighted by Gasteiger charge is 2.00. The van der Waals surface area contributed by atoms with Crippen molar-refractivity contribution in [3.63, 3.8) is 0 Å². The molecule has 0 atom stereocenters. The fourth-order valence-electron chi connectivity index (χ4n) is 1.50. The van der Waals surface area contributed by atoms with E-state index in [1.165, 1.54) is 0 Å². The Kier molecular flexibility index (Phi) is 7.57. The summed E-state index contributed by atoms with van der Waals surface area (Å²) in [5.41, 5.74) is 1.03. The smallest absolute Gasteiger partial charge is 0.341 e. The van der Waals surface area contributed by atoms with Crippen molar-refractivity contribution < 1.29 is 19.7 Å². The average Bonchev–Trinajstić information content (AvgIpc) is 2.41. The minimum atomic E-state index is -0.988. The summed E-state index contributed by atoms with van der Waals surface area (Å²) in [6, 6.07) is 7.33. The standard InChI is InChI=1S/C13H20N2O4/c16-7-6-14-4-5-15-9-11-2-1-3-12(8-11)19-10-13(17)18/h1-3,8,14-16H,4-7,9-10H2,(H,17,18). The summed E-state index contributed by atoms with van der Waals surface area (Å²) in [4.78, 5) is 10.4. The summed E-state index contributed by atoms with van der Waals surface area (Å²) >= 11 is 0. The molecule has 0 saturated heterocycles. The Balaban J connectivity index is 2.25. The molecule has 0 amide bonds. The Morgan fingerprint density at radius 2 is 2.00 bits per heavy atom. The van der Waals surface area contributed by atoms with Crippen LogP contribution in [0.2, 0.25) is 0 Å². The van der Waals surface area contributed by atoms with Gasteiger partial charge in [-0.15, -0.1) is 0 Å². The lowest BCUT2D eigenvalue weighted by atomic mass is 10.2. The Labute approximate surface area is 112 Å². The van der Waals surface area contributed by atoms with Crippen LogP contribution < -0.4 is 15.4 Å². The molecule has 0 saturated carbocycles. The molecule has 0 bridgehead atoms. The van der Waals surface area contributed by atoms with Crippen molar-refractivity contribution in [1.82, 2.24) is 10.6 Å². The number of nitrogens with one attached hydrogen (secondary N) is 2. The van der Waals surface area contributed by atoms with Gasteiger partial charge < -0.3 is 25.6 Å². The highest BCUT2D eigenvalue weighted by atomic mass is 16.5. The number of carboxylic acid groups (broad SMARTS) is 1. The predicted molar refractivity (Wildman–Crippen MR) is 71.2 cm³/mol. The van der Waals surface area contributed by atoms with Crippen LogP contribution in [0.15, 0.2) is 24.3 Å². The molecule has 6 nitrogen and oxygen atoms in total. The number of aliphatic hydroxyl groups excluding tert-OH is 1. The molecule has 0 aliphatic heterocycles. The van der Waals surface area contributed by atoms with E-state index >= 15 is 0 Å². The van der Waals surface area contributed by atoms with Crippen LogP contribution in [0.5, 0.6) is 5.75 Å². The topological polar surface area (TPSA) is 90.8 Å². The Morgan fingerprint density at radius 3 is 2.74 bits per heavy atom. The van der Waals surface area contributed by atoms with Crippen molar-refractivity contribution in [2.45, 2.75) is 6.54 Å². The minimum absolute atomic E-state index is 0.142. The van der Waals surface area contributed by atoms with Crippen LogP contribution >= 0.6 is 0 Å². The number of carboxylic acids is 1. The maximum Gasteiger partial charge on any atom is 0.341 e. The first-order valence-electron chi connectivity index (χ1n) is 6.18. The summed E-state index contributed by atoms with van der Waals surface area (Å²) in [5, 5.41) is 23.4. The number of hydrogen-bond donors (Lipinski definition) is 4. The molecule has 1 rings (SSSR count). The fraction of sp³-hybridized carbons (Fsp3) is 0.462. The van der Waals surface area contributed by atoms with E-state index in [9.17, 15) is 4.79 Å². The van der Waals surface area contributed by atoms with Gasteiger partial charge in [0.05, 0.1) is 6.61 Å². The molecule has 1 aromatic carbocycles. The van der Waals surface area contributed by atoms with Gasteiger partial charge >= 0.3 is 5.97 Å². The predicted octanol–water partition coefficient (Wildman–Crippen LogP) is -0.178.